The van der Waals surface area contributed by atoms with Gasteiger partial charge in [-0.25, -0.2) is 4.79 Å². The number of ether oxygens (including phenoxy) is 3. The summed E-state index contributed by atoms with van der Waals surface area (Å²) in [7, 11) is 4.74. The third kappa shape index (κ3) is 4.34. The highest BCUT2D eigenvalue weighted by atomic mass is 16.5. The summed E-state index contributed by atoms with van der Waals surface area (Å²) < 4.78 is 17.5. The van der Waals surface area contributed by atoms with Crippen LogP contribution in [0.15, 0.2) is 40.1 Å². The fourth-order valence-electron chi connectivity index (χ4n) is 3.26. The van der Waals surface area contributed by atoms with Gasteiger partial charge in [0.05, 0.1) is 26.9 Å². The van der Waals surface area contributed by atoms with Crippen molar-refractivity contribution >= 4 is 11.5 Å². The molecule has 29 heavy (non-hydrogen) atoms. The van der Waals surface area contributed by atoms with Crippen LogP contribution in [0.2, 0.25) is 0 Å². The molecule has 0 fully saturated rings. The van der Waals surface area contributed by atoms with Gasteiger partial charge >= 0.3 is 5.69 Å². The fourth-order valence-corrected chi connectivity index (χ4v) is 3.26. The van der Waals surface area contributed by atoms with Crippen LogP contribution < -0.4 is 25.5 Å². The molecule has 0 saturated carbocycles. The number of benzene rings is 1. The van der Waals surface area contributed by atoms with E-state index in [1.54, 1.807) is 38.4 Å². The first-order valence-corrected chi connectivity index (χ1v) is 9.03. The number of methoxy groups -OCH3 is 3. The Labute approximate surface area is 167 Å². The molecule has 0 unspecified atom stereocenters. The van der Waals surface area contributed by atoms with E-state index < -0.39 is 11.2 Å². The van der Waals surface area contributed by atoms with Crippen molar-refractivity contribution in [2.75, 3.05) is 34.4 Å². The van der Waals surface area contributed by atoms with Gasteiger partial charge in [-0.2, -0.15) is 0 Å². The minimum absolute atomic E-state index is 0.131. The van der Waals surface area contributed by atoms with E-state index in [9.17, 15) is 14.4 Å². The third-order valence-electron chi connectivity index (χ3n) is 4.80. The summed E-state index contributed by atoms with van der Waals surface area (Å²) >= 11 is 0. The molecule has 2 heterocycles. The molecule has 1 amide bonds. The average molecular weight is 401 g/mol. The standard InChI is InChI=1S/C20H23N3O6/c1-27-14-10-15(28-2)19(16(11-14)29-3)13-4-7-22(8-5-13)18(25)12-23-9-6-17(24)21-20(23)26/h4,6,9-11H,5,7-8,12H2,1-3H3,(H,21,24,26). The van der Waals surface area contributed by atoms with Crippen molar-refractivity contribution in [2.24, 2.45) is 0 Å². The highest BCUT2D eigenvalue weighted by Crippen LogP contribution is 2.40. The zero-order chi connectivity index (χ0) is 21.0. The van der Waals surface area contributed by atoms with Crippen molar-refractivity contribution in [1.82, 2.24) is 14.5 Å². The van der Waals surface area contributed by atoms with Gasteiger partial charge < -0.3 is 19.1 Å². The van der Waals surface area contributed by atoms with Gasteiger partial charge in [0.15, 0.2) is 0 Å². The number of H-pyrrole nitrogens is 1. The Bertz CT molecular complexity index is 1030. The van der Waals surface area contributed by atoms with E-state index >= 15 is 0 Å². The van der Waals surface area contributed by atoms with Crippen molar-refractivity contribution in [3.05, 3.63) is 56.9 Å². The predicted molar refractivity (Wildman–Crippen MR) is 107 cm³/mol. The Kier molecular flexibility index (Phi) is 6.06. The number of nitrogens with zero attached hydrogens (tertiary/aromatic N) is 2. The smallest absolute Gasteiger partial charge is 0.328 e. The van der Waals surface area contributed by atoms with Gasteiger partial charge in [0.2, 0.25) is 5.91 Å². The van der Waals surface area contributed by atoms with Crippen molar-refractivity contribution in [3.8, 4) is 17.2 Å². The zero-order valence-corrected chi connectivity index (χ0v) is 16.6. The molecule has 0 spiro atoms. The number of aromatic nitrogens is 2. The molecule has 0 aliphatic carbocycles. The van der Waals surface area contributed by atoms with Crippen LogP contribution >= 0.6 is 0 Å². The van der Waals surface area contributed by atoms with E-state index in [1.807, 2.05) is 6.08 Å². The van der Waals surface area contributed by atoms with Gasteiger partial charge in [-0.3, -0.25) is 19.1 Å². The van der Waals surface area contributed by atoms with Gasteiger partial charge in [0, 0.05) is 37.5 Å². The second kappa shape index (κ2) is 8.68. The van der Waals surface area contributed by atoms with Crippen LogP contribution in [0, 0.1) is 0 Å². The number of aromatic amines is 1. The van der Waals surface area contributed by atoms with Crippen LogP contribution in [0.3, 0.4) is 0 Å². The number of hydrogen-bond acceptors (Lipinski definition) is 6. The van der Waals surface area contributed by atoms with Crippen molar-refractivity contribution in [3.63, 3.8) is 0 Å². The quantitative estimate of drug-likeness (QED) is 0.771. The highest BCUT2D eigenvalue weighted by molar-refractivity contribution is 5.81. The summed E-state index contributed by atoms with van der Waals surface area (Å²) in [4.78, 5) is 39.3. The maximum atomic E-state index is 12.6. The number of amides is 1. The molecule has 3 rings (SSSR count). The molecule has 0 radical (unpaired) electrons. The molecule has 154 valence electrons. The molecule has 0 bridgehead atoms. The van der Waals surface area contributed by atoms with Crippen molar-refractivity contribution in [2.45, 2.75) is 13.0 Å². The monoisotopic (exact) mass is 401 g/mol. The average Bonchev–Trinajstić information content (AvgIpc) is 2.74. The molecule has 1 N–H and O–H groups in total. The summed E-state index contributed by atoms with van der Waals surface area (Å²) in [5.41, 5.74) is 0.741. The Morgan fingerprint density at radius 2 is 1.79 bits per heavy atom. The van der Waals surface area contributed by atoms with Crippen LogP contribution in [0.1, 0.15) is 12.0 Å². The molecule has 1 aromatic carbocycles. The first-order valence-electron chi connectivity index (χ1n) is 9.03. The molecular formula is C20H23N3O6. The summed E-state index contributed by atoms with van der Waals surface area (Å²) in [6, 6.07) is 4.79. The molecule has 9 nitrogen and oxygen atoms in total. The van der Waals surface area contributed by atoms with E-state index in [-0.39, 0.29) is 12.5 Å². The first-order chi connectivity index (χ1) is 14.0. The Morgan fingerprint density at radius 3 is 2.31 bits per heavy atom. The van der Waals surface area contributed by atoms with Crippen molar-refractivity contribution in [1.29, 1.82) is 0 Å². The number of carbonyl (C=O) groups is 1. The highest BCUT2D eigenvalue weighted by Gasteiger charge is 2.23. The number of carbonyl (C=O) groups excluding carboxylic acids is 1. The van der Waals surface area contributed by atoms with Gasteiger partial charge in [0.1, 0.15) is 23.8 Å². The van der Waals surface area contributed by atoms with Crippen LogP contribution in [0.5, 0.6) is 17.2 Å². The molecule has 2 aromatic rings. The summed E-state index contributed by atoms with van der Waals surface area (Å²) in [5, 5.41) is 0. The van der Waals surface area contributed by atoms with Gasteiger partial charge in [-0.05, 0) is 12.0 Å². The normalized spacial score (nSPS) is 13.6. The van der Waals surface area contributed by atoms with Crippen LogP contribution in [-0.4, -0.2) is 54.8 Å². The zero-order valence-electron chi connectivity index (χ0n) is 16.6. The van der Waals surface area contributed by atoms with Gasteiger partial charge in [0.25, 0.3) is 5.56 Å². The second-order valence-corrected chi connectivity index (χ2v) is 6.46. The largest absolute Gasteiger partial charge is 0.496 e. The summed E-state index contributed by atoms with van der Waals surface area (Å²) in [6.07, 6.45) is 3.87. The topological polar surface area (TPSA) is 103 Å². The molecular weight excluding hydrogens is 378 g/mol. The molecule has 1 aliphatic rings. The number of nitrogens with one attached hydrogen (secondary N) is 1. The molecule has 0 atom stereocenters. The van der Waals surface area contributed by atoms with E-state index in [1.165, 1.54) is 16.8 Å². The maximum Gasteiger partial charge on any atom is 0.328 e. The number of hydrogen-bond donors (Lipinski definition) is 1. The number of rotatable bonds is 6. The Balaban J connectivity index is 1.79. The van der Waals surface area contributed by atoms with Gasteiger partial charge in [-0.1, -0.05) is 6.08 Å². The molecule has 1 aliphatic heterocycles. The first kappa shape index (κ1) is 20.2. The van der Waals surface area contributed by atoms with Crippen molar-refractivity contribution < 1.29 is 19.0 Å². The molecule has 9 heteroatoms. The van der Waals surface area contributed by atoms with Crippen LogP contribution in [-0.2, 0) is 11.3 Å². The van der Waals surface area contributed by atoms with E-state index in [0.717, 1.165) is 11.1 Å². The Morgan fingerprint density at radius 1 is 1.10 bits per heavy atom. The summed E-state index contributed by atoms with van der Waals surface area (Å²) in [5.74, 6) is 1.68. The maximum absolute atomic E-state index is 12.6. The molecule has 1 aromatic heterocycles. The van der Waals surface area contributed by atoms with Crippen LogP contribution in [0.4, 0.5) is 0 Å². The predicted octanol–water partition coefficient (Wildman–Crippen LogP) is 0.878. The van der Waals surface area contributed by atoms with E-state index in [4.69, 9.17) is 14.2 Å². The lowest BCUT2D eigenvalue weighted by atomic mass is 9.97. The minimum Gasteiger partial charge on any atom is -0.496 e. The van der Waals surface area contributed by atoms with Gasteiger partial charge in [-0.15, -0.1) is 0 Å². The Hall–Kier alpha value is -3.49. The third-order valence-corrected chi connectivity index (χ3v) is 4.80. The lowest BCUT2D eigenvalue weighted by molar-refractivity contribution is -0.131. The second-order valence-electron chi connectivity index (χ2n) is 6.46. The van der Waals surface area contributed by atoms with E-state index in [0.29, 0.717) is 36.8 Å². The lowest BCUT2D eigenvalue weighted by Crippen LogP contribution is -2.40. The summed E-state index contributed by atoms with van der Waals surface area (Å²) in [6.45, 7) is 0.750. The molecule has 0 saturated heterocycles. The van der Waals surface area contributed by atoms with Crippen LogP contribution in [0.25, 0.3) is 5.57 Å². The lowest BCUT2D eigenvalue weighted by Gasteiger charge is -2.28. The minimum atomic E-state index is -0.605. The fraction of sp³-hybridized carbons (Fsp3) is 0.350. The van der Waals surface area contributed by atoms with E-state index in [2.05, 4.69) is 4.98 Å². The SMILES string of the molecule is COc1cc(OC)c(C2=CCN(C(=O)Cn3ccc(=O)[nH]c3=O)CC2)c(OC)c1.